The van der Waals surface area contributed by atoms with E-state index in [1.54, 1.807) is 31.4 Å². The van der Waals surface area contributed by atoms with Gasteiger partial charge >= 0.3 is 11.8 Å². The molecule has 0 radical (unpaired) electrons. The number of hydrogen-bond donors (Lipinski definition) is 2. The van der Waals surface area contributed by atoms with Gasteiger partial charge in [-0.25, -0.2) is 4.39 Å². The van der Waals surface area contributed by atoms with Crippen molar-refractivity contribution in [2.24, 2.45) is 0 Å². The summed E-state index contributed by atoms with van der Waals surface area (Å²) in [7, 11) is 1.54. The number of anilines is 1. The van der Waals surface area contributed by atoms with Crippen LogP contribution in [0.1, 0.15) is 5.56 Å². The third-order valence-corrected chi connectivity index (χ3v) is 3.26. The second-order valence-electron chi connectivity index (χ2n) is 4.62. The van der Waals surface area contributed by atoms with Gasteiger partial charge in [0.05, 0.1) is 12.1 Å². The van der Waals surface area contributed by atoms with Crippen LogP contribution >= 0.6 is 11.6 Å². The van der Waals surface area contributed by atoms with E-state index in [-0.39, 0.29) is 17.3 Å². The van der Waals surface area contributed by atoms with Crippen LogP contribution in [0.3, 0.4) is 0 Å². The van der Waals surface area contributed by atoms with Crippen molar-refractivity contribution < 1.29 is 18.7 Å². The molecular formula is C16H14ClFN2O3. The molecule has 0 spiro atoms. The maximum absolute atomic E-state index is 13.0. The van der Waals surface area contributed by atoms with E-state index < -0.39 is 17.6 Å². The fraction of sp³-hybridized carbons (Fsp3) is 0.125. The molecule has 0 bridgehead atoms. The maximum atomic E-state index is 13.0. The molecular weight excluding hydrogens is 323 g/mol. The predicted molar refractivity (Wildman–Crippen MR) is 84.9 cm³/mol. The summed E-state index contributed by atoms with van der Waals surface area (Å²) in [6.45, 7) is 0.174. The number of nitrogens with one attached hydrogen (secondary N) is 2. The van der Waals surface area contributed by atoms with Crippen molar-refractivity contribution in [3.05, 3.63) is 58.9 Å². The average Bonchev–Trinajstić information content (AvgIpc) is 2.56. The van der Waals surface area contributed by atoms with Crippen molar-refractivity contribution in [1.29, 1.82) is 0 Å². The number of amides is 2. The van der Waals surface area contributed by atoms with Crippen molar-refractivity contribution in [2.45, 2.75) is 6.54 Å². The van der Waals surface area contributed by atoms with Crippen LogP contribution in [0.15, 0.2) is 42.5 Å². The molecule has 2 rings (SSSR count). The van der Waals surface area contributed by atoms with Crippen LogP contribution in [0.4, 0.5) is 10.1 Å². The normalized spacial score (nSPS) is 10.0. The monoisotopic (exact) mass is 336 g/mol. The lowest BCUT2D eigenvalue weighted by molar-refractivity contribution is -0.136. The Morgan fingerprint density at radius 3 is 2.65 bits per heavy atom. The average molecular weight is 337 g/mol. The highest BCUT2D eigenvalue weighted by molar-refractivity contribution is 6.39. The van der Waals surface area contributed by atoms with Gasteiger partial charge in [-0.1, -0.05) is 23.7 Å². The fourth-order valence-electron chi connectivity index (χ4n) is 1.81. The van der Waals surface area contributed by atoms with Gasteiger partial charge in [-0.15, -0.1) is 0 Å². The van der Waals surface area contributed by atoms with E-state index >= 15 is 0 Å². The van der Waals surface area contributed by atoms with Gasteiger partial charge in [0.2, 0.25) is 0 Å². The van der Waals surface area contributed by atoms with E-state index in [0.29, 0.717) is 5.75 Å². The molecule has 5 nitrogen and oxygen atoms in total. The number of halogens is 2. The first-order chi connectivity index (χ1) is 11.0. The lowest BCUT2D eigenvalue weighted by atomic mass is 10.2. The van der Waals surface area contributed by atoms with Crippen LogP contribution in [0, 0.1) is 5.82 Å². The van der Waals surface area contributed by atoms with Gasteiger partial charge in [0.1, 0.15) is 11.6 Å². The number of carbonyl (C=O) groups is 2. The molecule has 2 amide bonds. The molecule has 0 heterocycles. The van der Waals surface area contributed by atoms with Crippen molar-refractivity contribution in [2.75, 3.05) is 12.4 Å². The summed E-state index contributed by atoms with van der Waals surface area (Å²) < 4.78 is 18.1. The molecule has 0 saturated carbocycles. The standard InChI is InChI=1S/C16H14ClFN2O3/c1-23-12-4-2-3-10(7-12)9-19-15(21)16(22)20-11-5-6-14(18)13(17)8-11/h2-8H,9H2,1H3,(H,19,21)(H,20,22). The Kier molecular flexibility index (Phi) is 5.54. The molecule has 2 N–H and O–H groups in total. The lowest BCUT2D eigenvalue weighted by Crippen LogP contribution is -2.34. The van der Waals surface area contributed by atoms with Gasteiger partial charge in [0, 0.05) is 12.2 Å². The number of carbonyl (C=O) groups excluding carboxylic acids is 2. The molecule has 0 aliphatic rings. The highest BCUT2D eigenvalue weighted by atomic mass is 35.5. The minimum atomic E-state index is -0.865. The van der Waals surface area contributed by atoms with E-state index in [1.165, 1.54) is 12.1 Å². The molecule has 0 aromatic heterocycles. The minimum Gasteiger partial charge on any atom is -0.497 e. The molecule has 0 unspecified atom stereocenters. The summed E-state index contributed by atoms with van der Waals surface area (Å²) in [5.41, 5.74) is 1.02. The fourth-order valence-corrected chi connectivity index (χ4v) is 1.99. The zero-order chi connectivity index (χ0) is 16.8. The topological polar surface area (TPSA) is 67.4 Å². The first-order valence-electron chi connectivity index (χ1n) is 6.67. The molecule has 0 saturated heterocycles. The van der Waals surface area contributed by atoms with E-state index in [2.05, 4.69) is 10.6 Å². The van der Waals surface area contributed by atoms with Crippen LogP contribution in [0.2, 0.25) is 5.02 Å². The highest BCUT2D eigenvalue weighted by Gasteiger charge is 2.14. The summed E-state index contributed by atoms with van der Waals surface area (Å²) in [5, 5.41) is 4.69. The number of ether oxygens (including phenoxy) is 1. The first-order valence-corrected chi connectivity index (χ1v) is 7.04. The number of methoxy groups -OCH3 is 1. The van der Waals surface area contributed by atoms with Crippen molar-refractivity contribution in [1.82, 2.24) is 5.32 Å². The summed E-state index contributed by atoms with van der Waals surface area (Å²) in [6.07, 6.45) is 0. The van der Waals surface area contributed by atoms with Gasteiger partial charge in [-0.2, -0.15) is 0 Å². The van der Waals surface area contributed by atoms with Crippen LogP contribution in [-0.4, -0.2) is 18.9 Å². The molecule has 0 aliphatic carbocycles. The molecule has 0 aliphatic heterocycles. The Balaban J connectivity index is 1.91. The van der Waals surface area contributed by atoms with Crippen LogP contribution < -0.4 is 15.4 Å². The molecule has 2 aromatic rings. The Morgan fingerprint density at radius 1 is 1.17 bits per heavy atom. The number of benzene rings is 2. The number of hydrogen-bond acceptors (Lipinski definition) is 3. The maximum Gasteiger partial charge on any atom is 0.313 e. The van der Waals surface area contributed by atoms with Crippen LogP contribution in [-0.2, 0) is 16.1 Å². The van der Waals surface area contributed by atoms with Crippen LogP contribution in [0.5, 0.6) is 5.75 Å². The lowest BCUT2D eigenvalue weighted by Gasteiger charge is -2.08. The molecule has 0 fully saturated rings. The smallest absolute Gasteiger partial charge is 0.313 e. The van der Waals surface area contributed by atoms with Crippen molar-refractivity contribution in [3.8, 4) is 5.75 Å². The molecule has 0 atom stereocenters. The highest BCUT2D eigenvalue weighted by Crippen LogP contribution is 2.19. The first kappa shape index (κ1) is 16.8. The van der Waals surface area contributed by atoms with Gasteiger partial charge in [-0.3, -0.25) is 9.59 Å². The van der Waals surface area contributed by atoms with Gasteiger partial charge in [0.15, 0.2) is 0 Å². The summed E-state index contributed by atoms with van der Waals surface area (Å²) in [4.78, 5) is 23.5. The Labute approximate surface area is 137 Å². The van der Waals surface area contributed by atoms with E-state index in [9.17, 15) is 14.0 Å². The predicted octanol–water partition coefficient (Wildman–Crippen LogP) is 2.74. The van der Waals surface area contributed by atoms with Crippen molar-refractivity contribution >= 4 is 29.1 Å². The van der Waals surface area contributed by atoms with E-state index in [0.717, 1.165) is 11.6 Å². The Hall–Kier alpha value is -2.60. The summed E-state index contributed by atoms with van der Waals surface area (Å²) in [5.74, 6) is -1.63. The van der Waals surface area contributed by atoms with Crippen molar-refractivity contribution in [3.63, 3.8) is 0 Å². The molecule has 7 heteroatoms. The minimum absolute atomic E-state index is 0.139. The Morgan fingerprint density at radius 2 is 1.96 bits per heavy atom. The molecule has 120 valence electrons. The van der Waals surface area contributed by atoms with E-state index in [4.69, 9.17) is 16.3 Å². The van der Waals surface area contributed by atoms with Gasteiger partial charge in [0.25, 0.3) is 0 Å². The third kappa shape index (κ3) is 4.69. The molecule has 23 heavy (non-hydrogen) atoms. The molecule has 2 aromatic carbocycles. The van der Waals surface area contributed by atoms with E-state index in [1.807, 2.05) is 0 Å². The summed E-state index contributed by atoms with van der Waals surface area (Å²) >= 11 is 5.61. The summed E-state index contributed by atoms with van der Waals surface area (Å²) in [6, 6.07) is 10.7. The largest absolute Gasteiger partial charge is 0.497 e. The van der Waals surface area contributed by atoms with Gasteiger partial charge in [-0.05, 0) is 35.9 Å². The number of rotatable bonds is 4. The SMILES string of the molecule is COc1cccc(CNC(=O)C(=O)Nc2ccc(F)c(Cl)c2)c1. The third-order valence-electron chi connectivity index (χ3n) is 2.97. The van der Waals surface area contributed by atoms with Crippen LogP contribution in [0.25, 0.3) is 0 Å². The zero-order valence-electron chi connectivity index (χ0n) is 12.2. The second-order valence-corrected chi connectivity index (χ2v) is 5.02. The second kappa shape index (κ2) is 7.60. The Bertz CT molecular complexity index is 737. The zero-order valence-corrected chi connectivity index (χ0v) is 13.0. The van der Waals surface area contributed by atoms with Gasteiger partial charge < -0.3 is 15.4 Å². The quantitative estimate of drug-likeness (QED) is 0.844.